The number of ether oxygens (including phenoxy) is 1. The highest BCUT2D eigenvalue weighted by molar-refractivity contribution is 9.10. The molecule has 1 aromatic heterocycles. The van der Waals surface area contributed by atoms with Gasteiger partial charge in [0.1, 0.15) is 0 Å². The Kier molecular flexibility index (Phi) is 3.66. The zero-order valence-corrected chi connectivity index (χ0v) is 11.1. The third kappa shape index (κ3) is 2.38. The summed E-state index contributed by atoms with van der Waals surface area (Å²) in [6.45, 7) is 2.05. The fourth-order valence-electron chi connectivity index (χ4n) is 1.42. The molecular weight excluding hydrogens is 302 g/mol. The average Bonchev–Trinajstić information content (AvgIpc) is 2.74. The van der Waals surface area contributed by atoms with E-state index in [-0.39, 0.29) is 17.5 Å². The molecule has 2 rings (SSSR count). The molecule has 0 unspecified atom stereocenters. The van der Waals surface area contributed by atoms with Crippen molar-refractivity contribution < 1.29 is 19.1 Å². The van der Waals surface area contributed by atoms with Gasteiger partial charge in [-0.1, -0.05) is 12.1 Å². The predicted octanol–water partition coefficient (Wildman–Crippen LogP) is 3.20. The maximum atomic E-state index is 11.0. The molecule has 0 aliphatic carbocycles. The Hall–Kier alpha value is -1.82. The molecule has 1 heterocycles. The second-order valence-corrected chi connectivity index (χ2v) is 4.23. The number of benzene rings is 1. The molecule has 0 saturated heterocycles. The van der Waals surface area contributed by atoms with E-state index in [2.05, 4.69) is 20.9 Å². The van der Waals surface area contributed by atoms with Gasteiger partial charge in [-0.15, -0.1) is 0 Å². The maximum absolute atomic E-state index is 11.0. The van der Waals surface area contributed by atoms with Gasteiger partial charge in [-0.3, -0.25) is 0 Å². The highest BCUT2D eigenvalue weighted by Gasteiger charge is 2.22. The number of carbonyl (C=O) groups is 1. The van der Waals surface area contributed by atoms with E-state index in [1.165, 1.54) is 0 Å². The molecule has 5 nitrogen and oxygen atoms in total. The molecule has 2 aromatic rings. The Balaban J connectivity index is 2.50. The van der Waals surface area contributed by atoms with Crippen LogP contribution in [-0.2, 0) is 0 Å². The van der Waals surface area contributed by atoms with Crippen LogP contribution in [0.25, 0.3) is 11.5 Å². The summed E-state index contributed by atoms with van der Waals surface area (Å²) in [4.78, 5) is 15.0. The van der Waals surface area contributed by atoms with E-state index in [0.717, 1.165) is 4.47 Å². The number of carboxylic acid groups (broad SMARTS) is 1. The van der Waals surface area contributed by atoms with E-state index < -0.39 is 5.97 Å². The number of oxazole rings is 1. The number of hydrogen-bond acceptors (Lipinski definition) is 4. The maximum Gasteiger partial charge on any atom is 0.362 e. The molecular formula is C12H10BrNO4. The Morgan fingerprint density at radius 3 is 2.83 bits per heavy atom. The zero-order valence-electron chi connectivity index (χ0n) is 9.51. The molecule has 18 heavy (non-hydrogen) atoms. The third-order valence-corrected chi connectivity index (χ3v) is 2.87. The molecule has 0 saturated carbocycles. The molecule has 94 valence electrons. The average molecular weight is 312 g/mol. The van der Waals surface area contributed by atoms with Crippen molar-refractivity contribution in [3.8, 4) is 17.4 Å². The van der Waals surface area contributed by atoms with E-state index in [1.807, 2.05) is 18.2 Å². The van der Waals surface area contributed by atoms with E-state index in [1.54, 1.807) is 13.0 Å². The van der Waals surface area contributed by atoms with E-state index in [4.69, 9.17) is 14.3 Å². The minimum Gasteiger partial charge on any atom is -0.476 e. The molecule has 6 heteroatoms. The second kappa shape index (κ2) is 5.22. The standard InChI is InChI=1S/C12H10BrNO4/c1-2-17-12-9(11(15)16)14-10(18-12)7-5-3-4-6-8(7)13/h3-6H,2H2,1H3,(H,15,16). The smallest absolute Gasteiger partial charge is 0.362 e. The molecule has 0 spiro atoms. The molecule has 1 N–H and O–H groups in total. The first-order valence-corrected chi connectivity index (χ1v) is 6.04. The number of aromatic nitrogens is 1. The van der Waals surface area contributed by atoms with Gasteiger partial charge >= 0.3 is 11.9 Å². The molecule has 0 fully saturated rings. The highest BCUT2D eigenvalue weighted by atomic mass is 79.9. The van der Waals surface area contributed by atoms with Crippen molar-refractivity contribution in [1.82, 2.24) is 4.98 Å². The van der Waals surface area contributed by atoms with Crippen molar-refractivity contribution in [2.24, 2.45) is 0 Å². The predicted molar refractivity (Wildman–Crippen MR) is 67.8 cm³/mol. The van der Waals surface area contributed by atoms with E-state index >= 15 is 0 Å². The lowest BCUT2D eigenvalue weighted by Gasteiger charge is -1.98. The fourth-order valence-corrected chi connectivity index (χ4v) is 1.87. The van der Waals surface area contributed by atoms with Gasteiger partial charge in [0.25, 0.3) is 0 Å². The summed E-state index contributed by atoms with van der Waals surface area (Å²) in [5, 5.41) is 9.01. The molecule has 0 amide bonds. The monoisotopic (exact) mass is 311 g/mol. The number of rotatable bonds is 4. The van der Waals surface area contributed by atoms with Crippen molar-refractivity contribution in [3.63, 3.8) is 0 Å². The Labute approximate surface area is 112 Å². The first-order valence-electron chi connectivity index (χ1n) is 5.25. The van der Waals surface area contributed by atoms with Gasteiger partial charge in [-0.05, 0) is 35.0 Å². The van der Waals surface area contributed by atoms with Crippen molar-refractivity contribution in [2.75, 3.05) is 6.61 Å². The van der Waals surface area contributed by atoms with Crippen molar-refractivity contribution in [1.29, 1.82) is 0 Å². The van der Waals surface area contributed by atoms with Crippen molar-refractivity contribution in [3.05, 3.63) is 34.4 Å². The van der Waals surface area contributed by atoms with Gasteiger partial charge in [-0.25, -0.2) is 4.79 Å². The first-order chi connectivity index (χ1) is 8.63. The summed E-state index contributed by atoms with van der Waals surface area (Å²) in [6, 6.07) is 7.25. The second-order valence-electron chi connectivity index (χ2n) is 3.37. The van der Waals surface area contributed by atoms with Gasteiger partial charge < -0.3 is 14.3 Å². The van der Waals surface area contributed by atoms with Gasteiger partial charge in [-0.2, -0.15) is 4.98 Å². The first kappa shape index (κ1) is 12.6. The van der Waals surface area contributed by atoms with Crippen molar-refractivity contribution in [2.45, 2.75) is 6.92 Å². The Morgan fingerprint density at radius 1 is 1.50 bits per heavy atom. The molecule has 0 atom stereocenters. The number of hydrogen-bond donors (Lipinski definition) is 1. The lowest BCUT2D eigenvalue weighted by atomic mass is 10.2. The summed E-state index contributed by atoms with van der Waals surface area (Å²) in [6.07, 6.45) is 0. The summed E-state index contributed by atoms with van der Waals surface area (Å²) >= 11 is 3.35. The summed E-state index contributed by atoms with van der Waals surface area (Å²) in [7, 11) is 0. The minimum atomic E-state index is -1.18. The van der Waals surface area contributed by atoms with Crippen LogP contribution >= 0.6 is 15.9 Å². The molecule has 0 radical (unpaired) electrons. The van der Waals surface area contributed by atoms with Crippen molar-refractivity contribution >= 4 is 21.9 Å². The van der Waals surface area contributed by atoms with Crippen LogP contribution < -0.4 is 4.74 Å². The van der Waals surface area contributed by atoms with Gasteiger partial charge in [0.05, 0.1) is 12.2 Å². The lowest BCUT2D eigenvalue weighted by molar-refractivity contribution is 0.0683. The lowest BCUT2D eigenvalue weighted by Crippen LogP contribution is -2.01. The Morgan fingerprint density at radius 2 is 2.22 bits per heavy atom. The van der Waals surface area contributed by atoms with E-state index in [9.17, 15) is 4.79 Å². The van der Waals surface area contributed by atoms with Crippen LogP contribution in [0.1, 0.15) is 17.4 Å². The number of nitrogens with zero attached hydrogens (tertiary/aromatic N) is 1. The normalized spacial score (nSPS) is 10.3. The number of carboxylic acids is 1. The fraction of sp³-hybridized carbons (Fsp3) is 0.167. The van der Waals surface area contributed by atoms with Crippen LogP contribution in [0, 0.1) is 0 Å². The summed E-state index contributed by atoms with van der Waals surface area (Å²) < 4.78 is 11.2. The van der Waals surface area contributed by atoms with Gasteiger partial charge in [0.15, 0.2) is 0 Å². The molecule has 0 bridgehead atoms. The SMILES string of the molecule is CCOc1oc(-c2ccccc2Br)nc1C(=O)O. The van der Waals surface area contributed by atoms with Crippen LogP contribution in [0.15, 0.2) is 33.2 Å². The highest BCUT2D eigenvalue weighted by Crippen LogP contribution is 2.31. The van der Waals surface area contributed by atoms with Crippen LogP contribution in [0.3, 0.4) is 0 Å². The minimum absolute atomic E-state index is 0.0734. The van der Waals surface area contributed by atoms with Crippen LogP contribution in [0.5, 0.6) is 5.95 Å². The number of halogens is 1. The zero-order chi connectivity index (χ0) is 13.1. The Bertz CT molecular complexity index is 579. The van der Waals surface area contributed by atoms with Crippen LogP contribution in [0.4, 0.5) is 0 Å². The van der Waals surface area contributed by atoms with Crippen LogP contribution in [0.2, 0.25) is 0 Å². The largest absolute Gasteiger partial charge is 0.476 e. The molecule has 1 aromatic carbocycles. The topological polar surface area (TPSA) is 72.6 Å². The summed E-state index contributed by atoms with van der Waals surface area (Å²) in [5.41, 5.74) is 0.452. The molecule has 0 aliphatic rings. The van der Waals surface area contributed by atoms with Gasteiger partial charge in [0.2, 0.25) is 11.6 Å². The third-order valence-electron chi connectivity index (χ3n) is 2.18. The number of aromatic carboxylic acids is 1. The van der Waals surface area contributed by atoms with Gasteiger partial charge in [0, 0.05) is 4.47 Å². The van der Waals surface area contributed by atoms with E-state index in [0.29, 0.717) is 12.2 Å². The summed E-state index contributed by atoms with van der Waals surface area (Å²) in [5.74, 6) is -1.04. The molecule has 0 aliphatic heterocycles. The quantitative estimate of drug-likeness (QED) is 0.938. The van der Waals surface area contributed by atoms with Crippen LogP contribution in [-0.4, -0.2) is 22.7 Å².